The first kappa shape index (κ1) is 17.4. The predicted octanol–water partition coefficient (Wildman–Crippen LogP) is 2.10. The van der Waals surface area contributed by atoms with Gasteiger partial charge in [0.2, 0.25) is 5.91 Å². The second kappa shape index (κ2) is 9.35. The Morgan fingerprint density at radius 2 is 1.65 bits per heavy atom. The van der Waals surface area contributed by atoms with Crippen molar-refractivity contribution >= 4 is 5.91 Å². The Bertz CT molecular complexity index is 269. The number of likely N-dealkylation sites (N-methyl/N-ethyl adjacent to an activating group) is 1. The highest BCUT2D eigenvalue weighted by atomic mass is 16.2. The zero-order chi connectivity index (χ0) is 15.0. The molecule has 0 aliphatic heterocycles. The van der Waals surface area contributed by atoms with E-state index in [1.807, 2.05) is 11.9 Å². The van der Waals surface area contributed by atoms with Crippen molar-refractivity contribution in [1.82, 2.24) is 15.1 Å². The fraction of sp³-hybridized carbons (Fsp3) is 0.938. The van der Waals surface area contributed by atoms with E-state index in [0.29, 0.717) is 24.5 Å². The van der Waals surface area contributed by atoms with Crippen LogP contribution in [0.5, 0.6) is 0 Å². The molecule has 1 aliphatic rings. The van der Waals surface area contributed by atoms with Crippen LogP contribution in [0.25, 0.3) is 0 Å². The van der Waals surface area contributed by atoms with Crippen LogP contribution in [-0.4, -0.2) is 61.5 Å². The summed E-state index contributed by atoms with van der Waals surface area (Å²) in [5.74, 6) is 0.298. The molecule has 1 aliphatic carbocycles. The Balaban J connectivity index is 2.40. The lowest BCUT2D eigenvalue weighted by atomic mass is 9.90. The van der Waals surface area contributed by atoms with Crippen LogP contribution in [0.1, 0.15) is 52.4 Å². The van der Waals surface area contributed by atoms with Crippen LogP contribution in [0, 0.1) is 0 Å². The van der Waals surface area contributed by atoms with Crippen LogP contribution in [0.2, 0.25) is 0 Å². The molecule has 4 nitrogen and oxygen atoms in total. The number of nitrogens with zero attached hydrogens (tertiary/aromatic N) is 2. The summed E-state index contributed by atoms with van der Waals surface area (Å²) in [4.78, 5) is 16.7. The van der Waals surface area contributed by atoms with E-state index in [4.69, 9.17) is 0 Å². The molecule has 1 amide bonds. The first-order valence-electron chi connectivity index (χ1n) is 8.27. The van der Waals surface area contributed by atoms with Gasteiger partial charge in [-0.15, -0.1) is 0 Å². The number of amides is 1. The van der Waals surface area contributed by atoms with Crippen molar-refractivity contribution in [3.63, 3.8) is 0 Å². The number of nitrogens with one attached hydrogen (secondary N) is 1. The molecule has 0 aromatic rings. The van der Waals surface area contributed by atoms with Crippen LogP contribution in [0.15, 0.2) is 0 Å². The van der Waals surface area contributed by atoms with E-state index in [-0.39, 0.29) is 0 Å². The zero-order valence-corrected chi connectivity index (χ0v) is 13.8. The minimum atomic E-state index is 0.298. The molecule has 1 N–H and O–H groups in total. The van der Waals surface area contributed by atoms with E-state index in [0.717, 1.165) is 25.9 Å². The summed E-state index contributed by atoms with van der Waals surface area (Å²) < 4.78 is 0. The molecule has 0 bridgehead atoms. The van der Waals surface area contributed by atoms with Crippen LogP contribution in [0.3, 0.4) is 0 Å². The highest BCUT2D eigenvalue weighted by Gasteiger charge is 2.25. The maximum Gasteiger partial charge on any atom is 0.236 e. The van der Waals surface area contributed by atoms with Crippen LogP contribution >= 0.6 is 0 Å². The number of hydrogen-bond donors (Lipinski definition) is 1. The molecule has 1 fully saturated rings. The van der Waals surface area contributed by atoms with Crippen LogP contribution in [-0.2, 0) is 4.79 Å². The van der Waals surface area contributed by atoms with Gasteiger partial charge in [-0.3, -0.25) is 9.69 Å². The molecule has 0 spiro atoms. The lowest BCUT2D eigenvalue weighted by Gasteiger charge is -2.35. The molecule has 0 saturated heterocycles. The van der Waals surface area contributed by atoms with Crippen molar-refractivity contribution in [2.75, 3.05) is 33.7 Å². The maximum atomic E-state index is 12.4. The third-order valence-corrected chi connectivity index (χ3v) is 4.45. The highest BCUT2D eigenvalue weighted by Crippen LogP contribution is 2.22. The first-order valence-corrected chi connectivity index (χ1v) is 8.27. The number of hydrogen-bond acceptors (Lipinski definition) is 3. The first-order chi connectivity index (χ1) is 9.62. The van der Waals surface area contributed by atoms with Crippen molar-refractivity contribution in [3.05, 3.63) is 0 Å². The molecule has 0 aromatic heterocycles. The minimum absolute atomic E-state index is 0.298. The number of rotatable bonds is 8. The average Bonchev–Trinajstić information content (AvgIpc) is 2.47. The fourth-order valence-electron chi connectivity index (χ4n) is 3.15. The highest BCUT2D eigenvalue weighted by molar-refractivity contribution is 5.78. The molecular formula is C16H33N3O. The summed E-state index contributed by atoms with van der Waals surface area (Å²) in [6.45, 7) is 6.65. The molecule has 1 saturated carbocycles. The van der Waals surface area contributed by atoms with E-state index in [2.05, 4.69) is 31.1 Å². The quantitative estimate of drug-likeness (QED) is 0.741. The van der Waals surface area contributed by atoms with Gasteiger partial charge < -0.3 is 10.2 Å². The van der Waals surface area contributed by atoms with E-state index in [1.54, 1.807) is 0 Å². The van der Waals surface area contributed by atoms with Crippen molar-refractivity contribution in [2.45, 2.75) is 64.5 Å². The standard InChI is InChI=1S/C16H33N3O/c1-5-11-19(12-6-2)16(20)13-18(4)15-9-7-14(17-3)8-10-15/h14-15,17H,5-13H2,1-4H3. The van der Waals surface area contributed by atoms with Crippen molar-refractivity contribution < 1.29 is 4.79 Å². The molecule has 0 atom stereocenters. The number of carbonyl (C=O) groups excluding carboxylic acids is 1. The van der Waals surface area contributed by atoms with Gasteiger partial charge in [0.05, 0.1) is 6.54 Å². The third kappa shape index (κ3) is 5.41. The van der Waals surface area contributed by atoms with Gasteiger partial charge in [0, 0.05) is 25.2 Å². The van der Waals surface area contributed by atoms with Crippen LogP contribution in [0.4, 0.5) is 0 Å². The van der Waals surface area contributed by atoms with E-state index < -0.39 is 0 Å². The zero-order valence-electron chi connectivity index (χ0n) is 13.8. The van der Waals surface area contributed by atoms with Gasteiger partial charge in [-0.2, -0.15) is 0 Å². The van der Waals surface area contributed by atoms with E-state index in [9.17, 15) is 4.79 Å². The smallest absolute Gasteiger partial charge is 0.236 e. The van der Waals surface area contributed by atoms with Crippen molar-refractivity contribution in [3.8, 4) is 0 Å². The summed E-state index contributed by atoms with van der Waals surface area (Å²) in [5, 5.41) is 3.36. The molecule has 1 rings (SSSR count). The van der Waals surface area contributed by atoms with E-state index >= 15 is 0 Å². The molecular weight excluding hydrogens is 250 g/mol. The summed E-state index contributed by atoms with van der Waals surface area (Å²) in [7, 11) is 4.16. The van der Waals surface area contributed by atoms with E-state index in [1.165, 1.54) is 25.7 Å². The Morgan fingerprint density at radius 1 is 1.10 bits per heavy atom. The third-order valence-electron chi connectivity index (χ3n) is 4.45. The molecule has 0 heterocycles. The molecule has 118 valence electrons. The second-order valence-electron chi connectivity index (χ2n) is 6.09. The summed E-state index contributed by atoms with van der Waals surface area (Å²) in [6.07, 6.45) is 6.96. The monoisotopic (exact) mass is 283 g/mol. The van der Waals surface area contributed by atoms with Crippen molar-refractivity contribution in [1.29, 1.82) is 0 Å². The normalized spacial score (nSPS) is 23.1. The topological polar surface area (TPSA) is 35.6 Å². The Kier molecular flexibility index (Phi) is 8.15. The Morgan fingerprint density at radius 3 is 2.10 bits per heavy atom. The van der Waals surface area contributed by atoms with Crippen LogP contribution < -0.4 is 5.32 Å². The largest absolute Gasteiger partial charge is 0.342 e. The second-order valence-corrected chi connectivity index (χ2v) is 6.09. The molecule has 0 aromatic carbocycles. The van der Waals surface area contributed by atoms with Gasteiger partial charge in [0.15, 0.2) is 0 Å². The Labute approximate surface area is 124 Å². The average molecular weight is 283 g/mol. The Hall–Kier alpha value is -0.610. The molecule has 4 heteroatoms. The lowest BCUT2D eigenvalue weighted by Crippen LogP contribution is -2.45. The fourth-order valence-corrected chi connectivity index (χ4v) is 3.15. The minimum Gasteiger partial charge on any atom is -0.342 e. The van der Waals surface area contributed by atoms with Gasteiger partial charge in [-0.25, -0.2) is 0 Å². The molecule has 20 heavy (non-hydrogen) atoms. The van der Waals surface area contributed by atoms with Gasteiger partial charge in [-0.05, 0) is 52.6 Å². The van der Waals surface area contributed by atoms with Crippen molar-refractivity contribution in [2.24, 2.45) is 0 Å². The SMILES string of the molecule is CCCN(CCC)C(=O)CN(C)C1CCC(NC)CC1. The molecule has 0 radical (unpaired) electrons. The number of carbonyl (C=O) groups is 1. The maximum absolute atomic E-state index is 12.4. The predicted molar refractivity (Wildman–Crippen MR) is 84.9 cm³/mol. The van der Waals surface area contributed by atoms with Gasteiger partial charge >= 0.3 is 0 Å². The summed E-state index contributed by atoms with van der Waals surface area (Å²) in [6, 6.07) is 1.25. The van der Waals surface area contributed by atoms with Gasteiger partial charge in [-0.1, -0.05) is 13.8 Å². The van der Waals surface area contributed by atoms with Gasteiger partial charge in [0.25, 0.3) is 0 Å². The lowest BCUT2D eigenvalue weighted by molar-refractivity contribution is -0.132. The summed E-state index contributed by atoms with van der Waals surface area (Å²) >= 11 is 0. The van der Waals surface area contributed by atoms with Gasteiger partial charge in [0.1, 0.15) is 0 Å². The summed E-state index contributed by atoms with van der Waals surface area (Å²) in [5.41, 5.74) is 0. The molecule has 0 unspecified atom stereocenters.